The SMILES string of the molecule is CN=C(NCc1cccc(Cn2ccnc2)c1)NCC(C)(C)SC. The number of guanidine groups is 1. The molecule has 0 fully saturated rings. The second kappa shape index (κ2) is 8.78. The minimum absolute atomic E-state index is 0.183. The molecule has 2 aromatic rings. The Morgan fingerprint density at radius 3 is 2.75 bits per heavy atom. The number of hydrogen-bond acceptors (Lipinski definition) is 3. The van der Waals surface area contributed by atoms with Crippen molar-refractivity contribution in [3.05, 3.63) is 54.1 Å². The van der Waals surface area contributed by atoms with Gasteiger partial charge in [-0.25, -0.2) is 4.98 Å². The van der Waals surface area contributed by atoms with Gasteiger partial charge in [-0.2, -0.15) is 11.8 Å². The van der Waals surface area contributed by atoms with Gasteiger partial charge in [0.1, 0.15) is 0 Å². The Hall–Kier alpha value is -1.95. The molecule has 0 aliphatic carbocycles. The molecule has 24 heavy (non-hydrogen) atoms. The first kappa shape index (κ1) is 18.4. The Morgan fingerprint density at radius 1 is 1.29 bits per heavy atom. The van der Waals surface area contributed by atoms with Gasteiger partial charge in [0, 0.05) is 43.8 Å². The molecule has 2 rings (SSSR count). The normalized spacial score (nSPS) is 12.2. The lowest BCUT2D eigenvalue weighted by molar-refractivity contribution is 0.664. The van der Waals surface area contributed by atoms with Gasteiger partial charge in [0.25, 0.3) is 0 Å². The van der Waals surface area contributed by atoms with E-state index in [0.29, 0.717) is 0 Å². The fraction of sp³-hybridized carbons (Fsp3) is 0.444. The minimum Gasteiger partial charge on any atom is -0.355 e. The molecule has 0 amide bonds. The first-order valence-corrected chi connectivity index (χ1v) is 9.28. The lowest BCUT2D eigenvalue weighted by atomic mass is 10.1. The average Bonchev–Trinajstić information content (AvgIpc) is 3.08. The summed E-state index contributed by atoms with van der Waals surface area (Å²) < 4.78 is 2.25. The van der Waals surface area contributed by atoms with Crippen LogP contribution >= 0.6 is 11.8 Å². The van der Waals surface area contributed by atoms with Gasteiger partial charge < -0.3 is 15.2 Å². The number of imidazole rings is 1. The summed E-state index contributed by atoms with van der Waals surface area (Å²) in [7, 11) is 1.80. The van der Waals surface area contributed by atoms with E-state index in [1.807, 2.05) is 24.3 Å². The Bertz CT molecular complexity index is 649. The van der Waals surface area contributed by atoms with Gasteiger partial charge in [-0.15, -0.1) is 0 Å². The van der Waals surface area contributed by atoms with Crippen molar-refractivity contribution in [1.82, 2.24) is 20.2 Å². The third-order valence-corrected chi connectivity index (χ3v) is 5.08. The van der Waals surface area contributed by atoms with Gasteiger partial charge >= 0.3 is 0 Å². The van der Waals surface area contributed by atoms with E-state index in [2.05, 4.69) is 69.5 Å². The number of rotatable bonds is 7. The fourth-order valence-corrected chi connectivity index (χ4v) is 2.42. The molecule has 1 aromatic heterocycles. The van der Waals surface area contributed by atoms with Gasteiger partial charge in [-0.05, 0) is 31.2 Å². The highest BCUT2D eigenvalue weighted by atomic mass is 32.2. The number of benzene rings is 1. The summed E-state index contributed by atoms with van der Waals surface area (Å²) in [6, 6.07) is 8.57. The summed E-state index contributed by atoms with van der Waals surface area (Å²) >= 11 is 1.84. The Balaban J connectivity index is 1.88. The van der Waals surface area contributed by atoms with E-state index >= 15 is 0 Å². The van der Waals surface area contributed by atoms with E-state index in [1.165, 1.54) is 11.1 Å². The molecular formula is C18H27N5S. The molecule has 5 nitrogen and oxygen atoms in total. The fourth-order valence-electron chi connectivity index (χ4n) is 2.20. The van der Waals surface area contributed by atoms with Crippen molar-refractivity contribution >= 4 is 17.7 Å². The highest BCUT2D eigenvalue weighted by molar-refractivity contribution is 7.99. The molecule has 0 atom stereocenters. The van der Waals surface area contributed by atoms with Crippen LogP contribution in [0.3, 0.4) is 0 Å². The maximum atomic E-state index is 4.30. The zero-order valence-corrected chi connectivity index (χ0v) is 15.7. The van der Waals surface area contributed by atoms with Crippen molar-refractivity contribution in [3.8, 4) is 0 Å². The molecule has 0 aliphatic heterocycles. The zero-order chi connectivity index (χ0) is 17.4. The van der Waals surface area contributed by atoms with Gasteiger partial charge in [0.2, 0.25) is 0 Å². The third kappa shape index (κ3) is 5.92. The van der Waals surface area contributed by atoms with Crippen LogP contribution in [0, 0.1) is 0 Å². The maximum absolute atomic E-state index is 4.30. The molecule has 1 aromatic carbocycles. The largest absolute Gasteiger partial charge is 0.355 e. The number of aliphatic imine (C=N–C) groups is 1. The number of nitrogens with zero attached hydrogens (tertiary/aromatic N) is 3. The smallest absolute Gasteiger partial charge is 0.191 e. The van der Waals surface area contributed by atoms with Crippen molar-refractivity contribution in [3.63, 3.8) is 0 Å². The molecule has 0 aliphatic rings. The van der Waals surface area contributed by atoms with Crippen molar-refractivity contribution in [2.75, 3.05) is 19.8 Å². The summed E-state index contributed by atoms with van der Waals surface area (Å²) in [5.41, 5.74) is 2.50. The molecule has 1 heterocycles. The molecule has 0 bridgehead atoms. The molecule has 130 valence electrons. The molecule has 0 spiro atoms. The highest BCUT2D eigenvalue weighted by Crippen LogP contribution is 2.19. The molecule has 6 heteroatoms. The topological polar surface area (TPSA) is 54.2 Å². The van der Waals surface area contributed by atoms with Crippen LogP contribution in [0.1, 0.15) is 25.0 Å². The van der Waals surface area contributed by atoms with E-state index in [0.717, 1.165) is 25.6 Å². The van der Waals surface area contributed by atoms with Crippen LogP contribution < -0.4 is 10.6 Å². The summed E-state index contributed by atoms with van der Waals surface area (Å²) in [5, 5.41) is 6.77. The number of aromatic nitrogens is 2. The first-order valence-electron chi connectivity index (χ1n) is 8.05. The van der Waals surface area contributed by atoms with Crippen molar-refractivity contribution in [1.29, 1.82) is 0 Å². The first-order chi connectivity index (χ1) is 11.5. The third-order valence-electron chi connectivity index (χ3n) is 3.83. The van der Waals surface area contributed by atoms with Gasteiger partial charge in [0.15, 0.2) is 5.96 Å². The predicted octanol–water partition coefficient (Wildman–Crippen LogP) is 2.74. The minimum atomic E-state index is 0.183. The van der Waals surface area contributed by atoms with E-state index in [1.54, 1.807) is 13.2 Å². The van der Waals surface area contributed by atoms with E-state index < -0.39 is 0 Å². The van der Waals surface area contributed by atoms with Crippen molar-refractivity contribution < 1.29 is 0 Å². The Kier molecular flexibility index (Phi) is 6.73. The van der Waals surface area contributed by atoms with Crippen molar-refractivity contribution in [2.45, 2.75) is 31.7 Å². The molecule has 0 unspecified atom stereocenters. The van der Waals surface area contributed by atoms with Gasteiger partial charge in [0.05, 0.1) is 6.33 Å². The summed E-state index contributed by atoms with van der Waals surface area (Å²) in [5.74, 6) is 0.831. The standard InChI is InChI=1S/C18H27N5S/c1-18(2,24-4)13-22-17(19-3)21-11-15-6-5-7-16(10-15)12-23-9-8-20-14-23/h5-10,14H,11-13H2,1-4H3,(H2,19,21,22). The van der Waals surface area contributed by atoms with Crippen LogP contribution in [0.4, 0.5) is 0 Å². The molecular weight excluding hydrogens is 318 g/mol. The van der Waals surface area contributed by atoms with E-state index in [9.17, 15) is 0 Å². The monoisotopic (exact) mass is 345 g/mol. The van der Waals surface area contributed by atoms with E-state index in [4.69, 9.17) is 0 Å². The van der Waals surface area contributed by atoms with Crippen LogP contribution in [0.2, 0.25) is 0 Å². The van der Waals surface area contributed by atoms with Gasteiger partial charge in [-0.1, -0.05) is 24.3 Å². The lowest BCUT2D eigenvalue weighted by Gasteiger charge is -2.23. The Labute approximate surface area is 149 Å². The van der Waals surface area contributed by atoms with Crippen LogP contribution in [-0.2, 0) is 13.1 Å². The van der Waals surface area contributed by atoms with Crippen LogP contribution in [0.15, 0.2) is 48.0 Å². The predicted molar refractivity (Wildman–Crippen MR) is 104 cm³/mol. The van der Waals surface area contributed by atoms with Crippen LogP contribution in [0.5, 0.6) is 0 Å². The second-order valence-corrected chi connectivity index (χ2v) is 7.81. The van der Waals surface area contributed by atoms with Crippen LogP contribution in [-0.4, -0.2) is 40.1 Å². The van der Waals surface area contributed by atoms with E-state index in [-0.39, 0.29) is 4.75 Å². The molecule has 2 N–H and O–H groups in total. The Morgan fingerprint density at radius 2 is 2.08 bits per heavy atom. The summed E-state index contributed by atoms with van der Waals surface area (Å²) in [6.07, 6.45) is 7.75. The highest BCUT2D eigenvalue weighted by Gasteiger charge is 2.15. The van der Waals surface area contributed by atoms with Gasteiger partial charge in [-0.3, -0.25) is 4.99 Å². The molecule has 0 saturated heterocycles. The maximum Gasteiger partial charge on any atom is 0.191 e. The molecule has 0 saturated carbocycles. The number of thioether (sulfide) groups is 1. The molecule has 0 radical (unpaired) electrons. The average molecular weight is 346 g/mol. The zero-order valence-electron chi connectivity index (χ0n) is 14.9. The summed E-state index contributed by atoms with van der Waals surface area (Å²) in [4.78, 5) is 8.38. The quantitative estimate of drug-likeness (QED) is 0.598. The lowest BCUT2D eigenvalue weighted by Crippen LogP contribution is -2.42. The second-order valence-electron chi connectivity index (χ2n) is 6.30. The van der Waals surface area contributed by atoms with Crippen LogP contribution in [0.25, 0.3) is 0 Å². The number of nitrogens with one attached hydrogen (secondary N) is 2. The van der Waals surface area contributed by atoms with Crippen molar-refractivity contribution in [2.24, 2.45) is 4.99 Å². The summed E-state index contributed by atoms with van der Waals surface area (Å²) in [6.45, 7) is 6.89. The number of hydrogen-bond donors (Lipinski definition) is 2.